The fourth-order valence-electron chi connectivity index (χ4n) is 2.72. The summed E-state index contributed by atoms with van der Waals surface area (Å²) < 4.78 is 21.5. The molecular formula is C21H23NO6. The Kier molecular flexibility index (Phi) is 6.37. The number of amides is 1. The van der Waals surface area contributed by atoms with E-state index in [9.17, 15) is 9.59 Å². The average Bonchev–Trinajstić information content (AvgIpc) is 2.72. The lowest BCUT2D eigenvalue weighted by Crippen LogP contribution is -2.30. The third kappa shape index (κ3) is 4.94. The van der Waals surface area contributed by atoms with Crippen molar-refractivity contribution < 1.29 is 28.5 Å². The minimum Gasteiger partial charge on any atom is -0.494 e. The molecule has 1 heterocycles. The highest BCUT2D eigenvalue weighted by Crippen LogP contribution is 2.31. The van der Waals surface area contributed by atoms with Crippen LogP contribution in [0.5, 0.6) is 17.2 Å². The fraction of sp³-hybridized carbons (Fsp3) is 0.333. The Hall–Kier alpha value is -3.22. The van der Waals surface area contributed by atoms with Crippen LogP contribution in [0.25, 0.3) is 0 Å². The van der Waals surface area contributed by atoms with Crippen molar-refractivity contribution in [2.24, 2.45) is 0 Å². The fourth-order valence-corrected chi connectivity index (χ4v) is 2.72. The highest BCUT2D eigenvalue weighted by molar-refractivity contribution is 5.91. The van der Waals surface area contributed by atoms with Gasteiger partial charge in [0.05, 0.1) is 12.2 Å². The summed E-state index contributed by atoms with van der Waals surface area (Å²) >= 11 is 0. The molecule has 1 aliphatic heterocycles. The molecule has 7 heteroatoms. The van der Waals surface area contributed by atoms with Crippen LogP contribution in [0.1, 0.15) is 22.8 Å². The highest BCUT2D eigenvalue weighted by Gasteiger charge is 2.16. The Balaban J connectivity index is 1.50. The predicted molar refractivity (Wildman–Crippen MR) is 102 cm³/mol. The molecule has 0 spiro atoms. The maximum atomic E-state index is 12.3. The SMILES string of the molecule is CCOc1ccc(C(=O)OCC(=O)N(C)Cc2ccc3c(c2)OCCO3)cc1. The van der Waals surface area contributed by atoms with Crippen LogP contribution >= 0.6 is 0 Å². The summed E-state index contributed by atoms with van der Waals surface area (Å²) in [6.45, 7) is 3.52. The number of rotatable bonds is 7. The van der Waals surface area contributed by atoms with Gasteiger partial charge in [-0.2, -0.15) is 0 Å². The lowest BCUT2D eigenvalue weighted by molar-refractivity contribution is -0.133. The maximum absolute atomic E-state index is 12.3. The van der Waals surface area contributed by atoms with Gasteiger partial charge in [-0.15, -0.1) is 0 Å². The van der Waals surface area contributed by atoms with Gasteiger partial charge in [0.15, 0.2) is 18.1 Å². The summed E-state index contributed by atoms with van der Waals surface area (Å²) in [5, 5.41) is 0. The molecule has 7 nitrogen and oxygen atoms in total. The van der Waals surface area contributed by atoms with Gasteiger partial charge in [-0.3, -0.25) is 4.79 Å². The Bertz CT molecular complexity index is 833. The molecule has 0 radical (unpaired) electrons. The predicted octanol–water partition coefficient (Wildman–Crippen LogP) is 2.67. The second-order valence-electron chi connectivity index (χ2n) is 6.26. The zero-order valence-electron chi connectivity index (χ0n) is 16.0. The second-order valence-corrected chi connectivity index (χ2v) is 6.26. The molecule has 0 saturated carbocycles. The van der Waals surface area contributed by atoms with Gasteiger partial charge >= 0.3 is 5.97 Å². The summed E-state index contributed by atoms with van der Waals surface area (Å²) in [5.74, 6) is 1.20. The molecule has 0 saturated heterocycles. The number of benzene rings is 2. The van der Waals surface area contributed by atoms with E-state index >= 15 is 0 Å². The summed E-state index contributed by atoms with van der Waals surface area (Å²) in [6.07, 6.45) is 0. The number of hydrogen-bond donors (Lipinski definition) is 0. The first kappa shape index (κ1) is 19.5. The Labute approximate surface area is 163 Å². The van der Waals surface area contributed by atoms with Crippen LogP contribution in [-0.2, 0) is 16.1 Å². The second kappa shape index (κ2) is 9.12. The van der Waals surface area contributed by atoms with Crippen LogP contribution in [0.4, 0.5) is 0 Å². The van der Waals surface area contributed by atoms with E-state index in [-0.39, 0.29) is 12.5 Å². The van der Waals surface area contributed by atoms with Gasteiger partial charge in [0.2, 0.25) is 0 Å². The van der Waals surface area contributed by atoms with Crippen LogP contribution in [0.3, 0.4) is 0 Å². The van der Waals surface area contributed by atoms with Crippen molar-refractivity contribution in [3.8, 4) is 17.2 Å². The van der Waals surface area contributed by atoms with E-state index in [0.29, 0.717) is 49.2 Å². The number of carbonyl (C=O) groups excluding carboxylic acids is 2. The lowest BCUT2D eigenvalue weighted by Gasteiger charge is -2.21. The topological polar surface area (TPSA) is 74.3 Å². The third-order valence-electron chi connectivity index (χ3n) is 4.18. The molecule has 2 aromatic carbocycles. The molecule has 2 aromatic rings. The Morgan fingerprint density at radius 3 is 2.46 bits per heavy atom. The Morgan fingerprint density at radius 2 is 1.75 bits per heavy atom. The van der Waals surface area contributed by atoms with Crippen LogP contribution in [0.2, 0.25) is 0 Å². The van der Waals surface area contributed by atoms with E-state index in [1.165, 1.54) is 4.90 Å². The van der Waals surface area contributed by atoms with Gasteiger partial charge in [0.1, 0.15) is 19.0 Å². The van der Waals surface area contributed by atoms with Crippen molar-refractivity contribution in [1.82, 2.24) is 4.90 Å². The minimum absolute atomic E-state index is 0.297. The molecule has 0 bridgehead atoms. The van der Waals surface area contributed by atoms with Crippen molar-refractivity contribution in [1.29, 1.82) is 0 Å². The highest BCUT2D eigenvalue weighted by atomic mass is 16.6. The molecular weight excluding hydrogens is 362 g/mol. The van der Waals surface area contributed by atoms with Crippen LogP contribution in [0.15, 0.2) is 42.5 Å². The van der Waals surface area contributed by atoms with E-state index in [1.807, 2.05) is 25.1 Å². The summed E-state index contributed by atoms with van der Waals surface area (Å²) in [6, 6.07) is 12.2. The smallest absolute Gasteiger partial charge is 0.338 e. The number of carbonyl (C=O) groups is 2. The molecule has 0 atom stereocenters. The lowest BCUT2D eigenvalue weighted by atomic mass is 10.2. The van der Waals surface area contributed by atoms with E-state index in [2.05, 4.69) is 0 Å². The maximum Gasteiger partial charge on any atom is 0.338 e. The van der Waals surface area contributed by atoms with Crippen molar-refractivity contribution in [3.05, 3.63) is 53.6 Å². The quantitative estimate of drug-likeness (QED) is 0.682. The molecule has 28 heavy (non-hydrogen) atoms. The number of ether oxygens (including phenoxy) is 4. The van der Waals surface area contributed by atoms with Crippen LogP contribution in [0, 0.1) is 0 Å². The molecule has 0 N–H and O–H groups in total. The van der Waals surface area contributed by atoms with Crippen molar-refractivity contribution in [2.45, 2.75) is 13.5 Å². The van der Waals surface area contributed by atoms with Crippen molar-refractivity contribution >= 4 is 11.9 Å². The van der Waals surface area contributed by atoms with Gasteiger partial charge in [0, 0.05) is 13.6 Å². The molecule has 0 aliphatic carbocycles. The minimum atomic E-state index is -0.552. The summed E-state index contributed by atoms with van der Waals surface area (Å²) in [5.41, 5.74) is 1.27. The van der Waals surface area contributed by atoms with Gasteiger partial charge in [-0.05, 0) is 48.9 Å². The Morgan fingerprint density at radius 1 is 1.04 bits per heavy atom. The first-order chi connectivity index (χ1) is 13.6. The molecule has 3 rings (SSSR count). The number of esters is 1. The van der Waals surface area contributed by atoms with Gasteiger partial charge in [-0.1, -0.05) is 6.07 Å². The largest absolute Gasteiger partial charge is 0.494 e. The van der Waals surface area contributed by atoms with E-state index < -0.39 is 5.97 Å². The molecule has 1 amide bonds. The van der Waals surface area contributed by atoms with E-state index in [1.54, 1.807) is 31.3 Å². The number of nitrogens with zero attached hydrogens (tertiary/aromatic N) is 1. The third-order valence-corrected chi connectivity index (χ3v) is 4.18. The van der Waals surface area contributed by atoms with E-state index in [4.69, 9.17) is 18.9 Å². The van der Waals surface area contributed by atoms with E-state index in [0.717, 1.165) is 5.56 Å². The number of fused-ring (bicyclic) bond motifs is 1. The van der Waals surface area contributed by atoms with Gasteiger partial charge < -0.3 is 23.8 Å². The number of likely N-dealkylation sites (N-methyl/N-ethyl adjacent to an activating group) is 1. The first-order valence-electron chi connectivity index (χ1n) is 9.09. The number of hydrogen-bond acceptors (Lipinski definition) is 6. The molecule has 0 fully saturated rings. The van der Waals surface area contributed by atoms with Crippen LogP contribution < -0.4 is 14.2 Å². The average molecular weight is 385 g/mol. The summed E-state index contributed by atoms with van der Waals surface area (Å²) in [4.78, 5) is 25.9. The molecule has 0 aromatic heterocycles. The molecule has 148 valence electrons. The molecule has 1 aliphatic rings. The zero-order chi connectivity index (χ0) is 19.9. The van der Waals surface area contributed by atoms with Crippen molar-refractivity contribution in [2.75, 3.05) is 33.5 Å². The monoisotopic (exact) mass is 385 g/mol. The molecule has 0 unspecified atom stereocenters. The normalized spacial score (nSPS) is 12.2. The van der Waals surface area contributed by atoms with Gasteiger partial charge in [-0.25, -0.2) is 4.79 Å². The summed E-state index contributed by atoms with van der Waals surface area (Å²) in [7, 11) is 1.66. The zero-order valence-corrected chi connectivity index (χ0v) is 16.0. The standard InChI is InChI=1S/C21H23NO6/c1-3-25-17-7-5-16(6-8-17)21(24)28-14-20(23)22(2)13-15-4-9-18-19(12-15)27-11-10-26-18/h4-9,12H,3,10-11,13-14H2,1-2H3. The van der Waals surface area contributed by atoms with Crippen LogP contribution in [-0.4, -0.2) is 50.3 Å². The van der Waals surface area contributed by atoms with Crippen molar-refractivity contribution in [3.63, 3.8) is 0 Å². The van der Waals surface area contributed by atoms with Gasteiger partial charge in [0.25, 0.3) is 5.91 Å². The first-order valence-corrected chi connectivity index (χ1v) is 9.09.